The number of nitrogens with zero attached hydrogens (tertiary/aromatic N) is 4. The maximum absolute atomic E-state index is 12.4. The minimum absolute atomic E-state index is 0.00106. The molecule has 2 heterocycles. The number of carbonyl (C=O) groups is 1. The molecule has 0 atom stereocenters. The first-order chi connectivity index (χ1) is 11.4. The molecule has 0 bridgehead atoms. The molecule has 0 spiro atoms. The van der Waals surface area contributed by atoms with E-state index in [4.69, 9.17) is 11.6 Å². The molecule has 2 aromatic rings. The van der Waals surface area contributed by atoms with Crippen molar-refractivity contribution in [2.75, 3.05) is 32.4 Å². The molecule has 1 fully saturated rings. The number of amides is 1. The van der Waals surface area contributed by atoms with Crippen LogP contribution in [0.4, 0.5) is 0 Å². The van der Waals surface area contributed by atoms with E-state index in [1.165, 1.54) is 10.6 Å². The number of fused-ring (bicyclic) bond motifs is 1. The zero-order valence-corrected chi connectivity index (χ0v) is 14.9. The first-order valence-electron chi connectivity index (χ1n) is 7.70. The number of benzene rings is 1. The number of halogens is 1. The molecule has 1 amide bonds. The number of rotatable bonds is 4. The molecule has 1 aromatic heterocycles. The average molecular weight is 371 g/mol. The van der Waals surface area contributed by atoms with Gasteiger partial charge in [0.15, 0.2) is 5.15 Å². The molecular weight excluding hydrogens is 352 g/mol. The van der Waals surface area contributed by atoms with Crippen LogP contribution >= 0.6 is 11.6 Å². The summed E-state index contributed by atoms with van der Waals surface area (Å²) in [6.45, 7) is 1.99. The average Bonchev–Trinajstić information content (AvgIpc) is 2.89. The van der Waals surface area contributed by atoms with Gasteiger partial charge in [0.2, 0.25) is 15.9 Å². The number of aryl methyl sites for hydroxylation is 1. The Balaban J connectivity index is 1.60. The molecule has 130 valence electrons. The summed E-state index contributed by atoms with van der Waals surface area (Å²) < 4.78 is 26.1. The van der Waals surface area contributed by atoms with Gasteiger partial charge in [-0.25, -0.2) is 8.42 Å². The standard InChI is InChI=1S/C15H19ClN4O3S/c1-24(22,23)19-10-8-18(9-11-19)14(21)6-7-20-13-5-3-2-4-12(13)15(16)17-20/h2-5H,6-11H2,1H3. The van der Waals surface area contributed by atoms with E-state index in [-0.39, 0.29) is 5.91 Å². The van der Waals surface area contributed by atoms with Gasteiger partial charge in [-0.05, 0) is 12.1 Å². The largest absolute Gasteiger partial charge is 0.340 e. The van der Waals surface area contributed by atoms with Gasteiger partial charge in [-0.15, -0.1) is 0 Å². The van der Waals surface area contributed by atoms with E-state index in [1.54, 1.807) is 9.58 Å². The van der Waals surface area contributed by atoms with Gasteiger partial charge in [-0.1, -0.05) is 23.7 Å². The van der Waals surface area contributed by atoms with Crippen LogP contribution in [0.1, 0.15) is 6.42 Å². The Morgan fingerprint density at radius 3 is 2.54 bits per heavy atom. The second-order valence-corrected chi connectivity index (χ2v) is 8.16. The van der Waals surface area contributed by atoms with Gasteiger partial charge < -0.3 is 4.90 Å². The fourth-order valence-corrected chi connectivity index (χ4v) is 3.96. The molecule has 0 saturated carbocycles. The number of piperazine rings is 1. The van der Waals surface area contributed by atoms with Gasteiger partial charge in [-0.2, -0.15) is 9.40 Å². The van der Waals surface area contributed by atoms with Crippen LogP contribution in [0.2, 0.25) is 5.15 Å². The van der Waals surface area contributed by atoms with Crippen molar-refractivity contribution in [3.05, 3.63) is 29.4 Å². The summed E-state index contributed by atoms with van der Waals surface area (Å²) in [7, 11) is -3.19. The van der Waals surface area contributed by atoms with E-state index in [0.717, 1.165) is 10.9 Å². The van der Waals surface area contributed by atoms with Crippen molar-refractivity contribution in [1.29, 1.82) is 0 Å². The van der Waals surface area contributed by atoms with Gasteiger partial charge in [0.1, 0.15) is 0 Å². The van der Waals surface area contributed by atoms with Crippen LogP contribution in [0.5, 0.6) is 0 Å². The highest BCUT2D eigenvalue weighted by Crippen LogP contribution is 2.22. The maximum Gasteiger partial charge on any atom is 0.224 e. The lowest BCUT2D eigenvalue weighted by atomic mass is 10.2. The lowest BCUT2D eigenvalue weighted by molar-refractivity contribution is -0.132. The molecule has 3 rings (SSSR count). The number of hydrogen-bond donors (Lipinski definition) is 0. The summed E-state index contributed by atoms with van der Waals surface area (Å²) in [4.78, 5) is 14.1. The number of aromatic nitrogens is 2. The highest BCUT2D eigenvalue weighted by atomic mass is 35.5. The minimum atomic E-state index is -3.19. The third kappa shape index (κ3) is 3.55. The monoisotopic (exact) mass is 370 g/mol. The molecule has 0 N–H and O–H groups in total. The van der Waals surface area contributed by atoms with Crippen LogP contribution in [-0.2, 0) is 21.4 Å². The molecule has 1 aromatic carbocycles. The van der Waals surface area contributed by atoms with Gasteiger partial charge in [0, 0.05) is 38.0 Å². The van der Waals surface area contributed by atoms with Crippen molar-refractivity contribution < 1.29 is 13.2 Å². The highest BCUT2D eigenvalue weighted by Gasteiger charge is 2.25. The first kappa shape index (κ1) is 17.2. The quantitative estimate of drug-likeness (QED) is 0.810. The second-order valence-electron chi connectivity index (χ2n) is 5.82. The van der Waals surface area contributed by atoms with E-state index >= 15 is 0 Å². The Hall–Kier alpha value is -1.64. The van der Waals surface area contributed by atoms with E-state index in [1.807, 2.05) is 24.3 Å². The van der Waals surface area contributed by atoms with Gasteiger partial charge in [0.05, 0.1) is 18.3 Å². The van der Waals surface area contributed by atoms with E-state index in [9.17, 15) is 13.2 Å². The molecule has 0 radical (unpaired) electrons. The van der Waals surface area contributed by atoms with Gasteiger partial charge >= 0.3 is 0 Å². The molecule has 9 heteroatoms. The van der Waals surface area contributed by atoms with Crippen molar-refractivity contribution >= 4 is 38.4 Å². The highest BCUT2D eigenvalue weighted by molar-refractivity contribution is 7.88. The summed E-state index contributed by atoms with van der Waals surface area (Å²) in [5, 5.41) is 5.57. The fourth-order valence-electron chi connectivity index (χ4n) is 2.89. The summed E-state index contributed by atoms with van der Waals surface area (Å²) in [5.41, 5.74) is 0.900. The van der Waals surface area contributed by atoms with Crippen LogP contribution in [0, 0.1) is 0 Å². The maximum atomic E-state index is 12.4. The summed E-state index contributed by atoms with van der Waals surface area (Å²) in [5.74, 6) is -0.00106. The lowest BCUT2D eigenvalue weighted by Crippen LogP contribution is -2.50. The van der Waals surface area contributed by atoms with Crippen LogP contribution < -0.4 is 0 Å². The predicted octanol–water partition coefficient (Wildman–Crippen LogP) is 1.18. The zero-order valence-electron chi connectivity index (χ0n) is 13.4. The number of carbonyl (C=O) groups excluding carboxylic acids is 1. The molecule has 0 unspecified atom stereocenters. The molecule has 1 aliphatic heterocycles. The zero-order chi connectivity index (χ0) is 17.3. The fraction of sp³-hybridized carbons (Fsp3) is 0.467. The minimum Gasteiger partial charge on any atom is -0.340 e. The molecule has 24 heavy (non-hydrogen) atoms. The van der Waals surface area contributed by atoms with Crippen molar-refractivity contribution in [3.63, 3.8) is 0 Å². The second kappa shape index (κ2) is 6.70. The number of sulfonamides is 1. The number of hydrogen-bond acceptors (Lipinski definition) is 4. The van der Waals surface area contributed by atoms with E-state index < -0.39 is 10.0 Å². The molecular formula is C15H19ClN4O3S. The normalized spacial score (nSPS) is 16.7. The Morgan fingerprint density at radius 2 is 1.88 bits per heavy atom. The van der Waals surface area contributed by atoms with Crippen LogP contribution in [-0.4, -0.2) is 65.7 Å². The third-order valence-corrected chi connectivity index (χ3v) is 5.79. The summed E-state index contributed by atoms with van der Waals surface area (Å²) in [6, 6.07) is 7.62. The summed E-state index contributed by atoms with van der Waals surface area (Å²) >= 11 is 6.11. The van der Waals surface area contributed by atoms with Crippen molar-refractivity contribution in [1.82, 2.24) is 19.0 Å². The topological polar surface area (TPSA) is 75.5 Å². The smallest absolute Gasteiger partial charge is 0.224 e. The predicted molar refractivity (Wildman–Crippen MR) is 92.4 cm³/mol. The Morgan fingerprint density at radius 1 is 1.21 bits per heavy atom. The molecule has 0 aliphatic carbocycles. The van der Waals surface area contributed by atoms with Crippen molar-refractivity contribution in [2.45, 2.75) is 13.0 Å². The van der Waals surface area contributed by atoms with E-state index in [2.05, 4.69) is 5.10 Å². The van der Waals surface area contributed by atoms with Crippen molar-refractivity contribution in [3.8, 4) is 0 Å². The Bertz CT molecular complexity index is 857. The van der Waals surface area contributed by atoms with Crippen molar-refractivity contribution in [2.24, 2.45) is 0 Å². The SMILES string of the molecule is CS(=O)(=O)N1CCN(C(=O)CCn2nc(Cl)c3ccccc32)CC1. The van der Waals surface area contributed by atoms with E-state index in [0.29, 0.717) is 44.3 Å². The molecule has 1 aliphatic rings. The molecule has 7 nitrogen and oxygen atoms in total. The van der Waals surface area contributed by atoms with Crippen LogP contribution in [0.3, 0.4) is 0 Å². The third-order valence-electron chi connectivity index (χ3n) is 4.21. The first-order valence-corrected chi connectivity index (χ1v) is 9.93. The molecule has 1 saturated heterocycles. The Kier molecular flexibility index (Phi) is 4.80. The Labute approximate surface area is 145 Å². The van der Waals surface area contributed by atoms with Gasteiger partial charge in [0.25, 0.3) is 0 Å². The van der Waals surface area contributed by atoms with Crippen LogP contribution in [0.25, 0.3) is 10.9 Å². The number of para-hydroxylation sites is 1. The van der Waals surface area contributed by atoms with Crippen LogP contribution in [0.15, 0.2) is 24.3 Å². The van der Waals surface area contributed by atoms with Gasteiger partial charge in [-0.3, -0.25) is 9.48 Å². The summed E-state index contributed by atoms with van der Waals surface area (Å²) in [6.07, 6.45) is 1.50. The lowest BCUT2D eigenvalue weighted by Gasteiger charge is -2.33.